The fraction of sp³-hybridized carbons (Fsp3) is 0.471. The summed E-state index contributed by atoms with van der Waals surface area (Å²) in [6.45, 7) is 1.74. The van der Waals surface area contributed by atoms with Gasteiger partial charge in [0.1, 0.15) is 11.6 Å². The van der Waals surface area contributed by atoms with Gasteiger partial charge in [0.15, 0.2) is 0 Å². The van der Waals surface area contributed by atoms with Gasteiger partial charge in [-0.15, -0.1) is 0 Å². The molecule has 2 aromatic rings. The minimum atomic E-state index is -0.718. The summed E-state index contributed by atoms with van der Waals surface area (Å²) in [4.78, 5) is 30.3. The fourth-order valence-electron chi connectivity index (χ4n) is 3.45. The Labute approximate surface area is 133 Å². The third-order valence-electron chi connectivity index (χ3n) is 4.69. The number of nitrogens with zero attached hydrogens (tertiary/aromatic N) is 1. The second-order valence-corrected chi connectivity index (χ2v) is 6.15. The molecule has 0 spiro atoms. The largest absolute Gasteiger partial charge is 0.496 e. The van der Waals surface area contributed by atoms with Gasteiger partial charge in [-0.25, -0.2) is 4.98 Å². The SMILES string of the molecule is COc1cc2nc(C)[nH]c(=O)c2cc1C1CCC(C(=O)O)CC1. The van der Waals surface area contributed by atoms with Crippen molar-refractivity contribution in [2.75, 3.05) is 7.11 Å². The van der Waals surface area contributed by atoms with Crippen molar-refractivity contribution in [3.8, 4) is 5.75 Å². The molecule has 1 aromatic carbocycles. The van der Waals surface area contributed by atoms with Crippen LogP contribution in [0.1, 0.15) is 43.0 Å². The van der Waals surface area contributed by atoms with Crippen LogP contribution in [-0.2, 0) is 4.79 Å². The Hall–Kier alpha value is -2.37. The predicted octanol–water partition coefficient (Wildman–Crippen LogP) is 2.60. The summed E-state index contributed by atoms with van der Waals surface area (Å²) >= 11 is 0. The average Bonchev–Trinajstić information content (AvgIpc) is 2.53. The number of aryl methyl sites for hydroxylation is 1. The normalized spacial score (nSPS) is 21.3. The number of carboxylic acids is 1. The number of H-pyrrole nitrogens is 1. The van der Waals surface area contributed by atoms with E-state index in [9.17, 15) is 9.59 Å². The van der Waals surface area contributed by atoms with Crippen LogP contribution in [-0.4, -0.2) is 28.2 Å². The van der Waals surface area contributed by atoms with Gasteiger partial charge in [0.25, 0.3) is 5.56 Å². The van der Waals surface area contributed by atoms with E-state index in [4.69, 9.17) is 9.84 Å². The summed E-state index contributed by atoms with van der Waals surface area (Å²) in [6.07, 6.45) is 2.89. The highest BCUT2D eigenvalue weighted by molar-refractivity contribution is 5.80. The molecule has 0 unspecified atom stereocenters. The van der Waals surface area contributed by atoms with Gasteiger partial charge in [-0.3, -0.25) is 9.59 Å². The molecular weight excluding hydrogens is 296 g/mol. The number of methoxy groups -OCH3 is 1. The van der Waals surface area contributed by atoms with Gasteiger partial charge in [-0.1, -0.05) is 0 Å². The van der Waals surface area contributed by atoms with Crippen LogP contribution in [0.15, 0.2) is 16.9 Å². The molecule has 0 radical (unpaired) electrons. The third kappa shape index (κ3) is 2.93. The molecule has 0 saturated heterocycles. The molecule has 0 amide bonds. The number of carboxylic acid groups (broad SMARTS) is 1. The van der Waals surface area contributed by atoms with E-state index in [1.807, 2.05) is 6.07 Å². The van der Waals surface area contributed by atoms with Gasteiger partial charge in [-0.2, -0.15) is 0 Å². The highest BCUT2D eigenvalue weighted by Crippen LogP contribution is 2.40. The second kappa shape index (κ2) is 6.02. The van der Waals surface area contributed by atoms with Gasteiger partial charge >= 0.3 is 5.97 Å². The first-order valence-electron chi connectivity index (χ1n) is 7.81. The van der Waals surface area contributed by atoms with Crippen molar-refractivity contribution < 1.29 is 14.6 Å². The Morgan fingerprint density at radius 3 is 2.61 bits per heavy atom. The van der Waals surface area contributed by atoms with Crippen LogP contribution < -0.4 is 10.3 Å². The lowest BCUT2D eigenvalue weighted by molar-refractivity contribution is -0.142. The molecule has 1 aliphatic rings. The van der Waals surface area contributed by atoms with Crippen molar-refractivity contribution in [1.29, 1.82) is 0 Å². The number of aromatic nitrogens is 2. The van der Waals surface area contributed by atoms with Gasteiger partial charge < -0.3 is 14.8 Å². The lowest BCUT2D eigenvalue weighted by Crippen LogP contribution is -2.21. The number of aliphatic carboxylic acids is 1. The minimum Gasteiger partial charge on any atom is -0.496 e. The van der Waals surface area contributed by atoms with Gasteiger partial charge in [0.05, 0.1) is 23.9 Å². The second-order valence-electron chi connectivity index (χ2n) is 6.15. The van der Waals surface area contributed by atoms with E-state index < -0.39 is 5.97 Å². The monoisotopic (exact) mass is 316 g/mol. The fourth-order valence-corrected chi connectivity index (χ4v) is 3.45. The molecule has 6 heteroatoms. The molecule has 1 aromatic heterocycles. The summed E-state index contributed by atoms with van der Waals surface area (Å²) in [7, 11) is 1.60. The Morgan fingerprint density at radius 2 is 2.00 bits per heavy atom. The molecule has 0 aliphatic heterocycles. The number of hydrogen-bond acceptors (Lipinski definition) is 4. The highest BCUT2D eigenvalue weighted by atomic mass is 16.5. The zero-order chi connectivity index (χ0) is 16.6. The quantitative estimate of drug-likeness (QED) is 0.908. The number of benzene rings is 1. The standard InChI is InChI=1S/C17H20N2O4/c1-9-18-14-8-15(23-2)12(7-13(14)16(20)19-9)10-3-5-11(6-4-10)17(21)22/h7-8,10-11H,3-6H2,1-2H3,(H,21,22)(H,18,19,20). The maximum atomic E-state index is 12.2. The molecule has 2 N–H and O–H groups in total. The van der Waals surface area contributed by atoms with Crippen LogP contribution >= 0.6 is 0 Å². The molecule has 23 heavy (non-hydrogen) atoms. The first-order chi connectivity index (χ1) is 11.0. The van der Waals surface area contributed by atoms with E-state index in [-0.39, 0.29) is 17.4 Å². The summed E-state index contributed by atoms with van der Waals surface area (Å²) in [5.74, 6) is 0.522. The number of ether oxygens (including phenoxy) is 1. The van der Waals surface area contributed by atoms with E-state index in [2.05, 4.69) is 9.97 Å². The van der Waals surface area contributed by atoms with E-state index >= 15 is 0 Å². The van der Waals surface area contributed by atoms with E-state index in [0.29, 0.717) is 35.3 Å². The smallest absolute Gasteiger partial charge is 0.306 e. The number of carbonyl (C=O) groups is 1. The molecule has 1 aliphatic carbocycles. The van der Waals surface area contributed by atoms with Gasteiger partial charge in [0.2, 0.25) is 0 Å². The van der Waals surface area contributed by atoms with Crippen LogP contribution in [0.4, 0.5) is 0 Å². The van der Waals surface area contributed by atoms with Crippen molar-refractivity contribution in [3.63, 3.8) is 0 Å². The lowest BCUT2D eigenvalue weighted by Gasteiger charge is -2.27. The van der Waals surface area contributed by atoms with Crippen LogP contribution in [0, 0.1) is 12.8 Å². The Kier molecular flexibility index (Phi) is 4.07. The molecule has 0 bridgehead atoms. The van der Waals surface area contributed by atoms with Gasteiger partial charge in [0, 0.05) is 6.07 Å². The van der Waals surface area contributed by atoms with Crippen molar-refractivity contribution >= 4 is 16.9 Å². The van der Waals surface area contributed by atoms with Crippen LogP contribution in [0.25, 0.3) is 10.9 Å². The Bertz CT molecular complexity index is 804. The van der Waals surface area contributed by atoms with E-state index in [0.717, 1.165) is 18.4 Å². The van der Waals surface area contributed by atoms with Crippen molar-refractivity contribution in [2.45, 2.75) is 38.5 Å². The Balaban J connectivity index is 2.00. The van der Waals surface area contributed by atoms with E-state index in [1.54, 1.807) is 20.1 Å². The molecule has 0 atom stereocenters. The third-order valence-corrected chi connectivity index (χ3v) is 4.69. The topological polar surface area (TPSA) is 92.3 Å². The zero-order valence-electron chi connectivity index (χ0n) is 13.3. The lowest BCUT2D eigenvalue weighted by atomic mass is 9.78. The molecular formula is C17H20N2O4. The average molecular weight is 316 g/mol. The number of nitrogens with one attached hydrogen (secondary N) is 1. The maximum absolute atomic E-state index is 12.2. The van der Waals surface area contributed by atoms with Gasteiger partial charge in [-0.05, 0) is 50.2 Å². The predicted molar refractivity (Wildman–Crippen MR) is 86.0 cm³/mol. The first kappa shape index (κ1) is 15.5. The van der Waals surface area contributed by atoms with E-state index in [1.165, 1.54) is 0 Å². The summed E-state index contributed by atoms with van der Waals surface area (Å²) in [5, 5.41) is 9.67. The van der Waals surface area contributed by atoms with Crippen LogP contribution in [0.5, 0.6) is 5.75 Å². The number of fused-ring (bicyclic) bond motifs is 1. The summed E-state index contributed by atoms with van der Waals surface area (Å²) in [6, 6.07) is 3.65. The summed E-state index contributed by atoms with van der Waals surface area (Å²) in [5.41, 5.74) is 1.43. The first-order valence-corrected chi connectivity index (χ1v) is 7.81. The molecule has 1 saturated carbocycles. The van der Waals surface area contributed by atoms with Crippen molar-refractivity contribution in [2.24, 2.45) is 5.92 Å². The zero-order valence-corrected chi connectivity index (χ0v) is 13.3. The molecule has 1 fully saturated rings. The highest BCUT2D eigenvalue weighted by Gasteiger charge is 2.28. The van der Waals surface area contributed by atoms with Crippen molar-refractivity contribution in [1.82, 2.24) is 9.97 Å². The van der Waals surface area contributed by atoms with Crippen LogP contribution in [0.2, 0.25) is 0 Å². The molecule has 6 nitrogen and oxygen atoms in total. The maximum Gasteiger partial charge on any atom is 0.306 e. The molecule has 3 rings (SSSR count). The molecule has 1 heterocycles. The Morgan fingerprint density at radius 1 is 1.30 bits per heavy atom. The van der Waals surface area contributed by atoms with Crippen LogP contribution in [0.3, 0.4) is 0 Å². The number of rotatable bonds is 3. The summed E-state index contributed by atoms with van der Waals surface area (Å²) < 4.78 is 5.49. The number of hydrogen-bond donors (Lipinski definition) is 2. The minimum absolute atomic E-state index is 0.157. The number of aromatic amines is 1. The van der Waals surface area contributed by atoms with Crippen molar-refractivity contribution in [3.05, 3.63) is 33.9 Å². The molecule has 122 valence electrons.